The molecule has 12 heteroatoms. The first kappa shape index (κ1) is 26.2. The quantitative estimate of drug-likeness (QED) is 0.504. The minimum absolute atomic E-state index is 0.180. The van der Waals surface area contributed by atoms with E-state index in [-0.39, 0.29) is 16.2 Å². The number of alkyl halides is 6. The highest BCUT2D eigenvalue weighted by atomic mass is 19.4. The van der Waals surface area contributed by atoms with Gasteiger partial charge in [0, 0.05) is 12.6 Å². The fourth-order valence-corrected chi connectivity index (χ4v) is 4.31. The fourth-order valence-electron chi connectivity index (χ4n) is 4.31. The molecule has 4 rings (SSSR count). The van der Waals surface area contributed by atoms with Crippen molar-refractivity contribution in [2.45, 2.75) is 24.2 Å². The van der Waals surface area contributed by atoms with Crippen LogP contribution >= 0.6 is 0 Å². The molecule has 1 aliphatic rings. The lowest BCUT2D eigenvalue weighted by Crippen LogP contribution is -2.54. The molecule has 3 aromatic carbocycles. The second-order valence-corrected chi connectivity index (χ2v) is 8.23. The Morgan fingerprint density at radius 2 is 1.46 bits per heavy atom. The van der Waals surface area contributed by atoms with Gasteiger partial charge in [0.2, 0.25) is 0 Å². The molecule has 2 N–H and O–H groups in total. The highest BCUT2D eigenvalue weighted by Crippen LogP contribution is 2.49. The van der Waals surface area contributed by atoms with Gasteiger partial charge in [-0.15, -0.1) is 0 Å². The van der Waals surface area contributed by atoms with Crippen LogP contribution in [0.1, 0.15) is 16.7 Å². The van der Waals surface area contributed by atoms with Gasteiger partial charge in [-0.1, -0.05) is 71.8 Å². The minimum atomic E-state index is -5.52. The van der Waals surface area contributed by atoms with Crippen LogP contribution in [-0.2, 0) is 26.1 Å². The molecule has 1 amide bonds. The topological polar surface area (TPSA) is 75.9 Å². The molecule has 1 heterocycles. The lowest BCUT2D eigenvalue weighted by Gasteiger charge is -2.37. The number of benzene rings is 3. The summed E-state index contributed by atoms with van der Waals surface area (Å²) in [6, 6.07) is 17.9. The largest absolute Gasteiger partial charge is 0.492 e. The molecule has 6 nitrogen and oxygen atoms in total. The Kier molecular flexibility index (Phi) is 6.51. The van der Waals surface area contributed by atoms with Crippen LogP contribution in [0.25, 0.3) is 11.1 Å². The van der Waals surface area contributed by atoms with Gasteiger partial charge >= 0.3 is 18.3 Å². The maximum atomic E-state index is 14.4. The van der Waals surface area contributed by atoms with Crippen molar-refractivity contribution in [3.63, 3.8) is 0 Å². The van der Waals surface area contributed by atoms with Crippen LogP contribution in [-0.4, -0.2) is 41.4 Å². The van der Waals surface area contributed by atoms with Crippen molar-refractivity contribution in [3.8, 4) is 11.1 Å². The number of hydroxylamine groups is 2. The number of nitrogens with zero attached hydrogens (tertiary/aromatic N) is 2. The van der Waals surface area contributed by atoms with Crippen LogP contribution in [0.3, 0.4) is 0 Å². The van der Waals surface area contributed by atoms with Crippen molar-refractivity contribution in [2.75, 3.05) is 7.05 Å². The first-order valence-corrected chi connectivity index (χ1v) is 10.7. The van der Waals surface area contributed by atoms with Crippen LogP contribution in [0.2, 0.25) is 0 Å². The van der Waals surface area contributed by atoms with Crippen molar-refractivity contribution < 1.29 is 40.8 Å². The van der Waals surface area contributed by atoms with E-state index in [1.54, 1.807) is 30.3 Å². The predicted molar refractivity (Wildman–Crippen MR) is 119 cm³/mol. The van der Waals surface area contributed by atoms with E-state index in [4.69, 9.17) is 5.73 Å². The van der Waals surface area contributed by atoms with Crippen molar-refractivity contribution >= 4 is 11.9 Å². The van der Waals surface area contributed by atoms with Crippen LogP contribution in [0.5, 0.6) is 0 Å². The number of amides is 1. The molecule has 37 heavy (non-hydrogen) atoms. The van der Waals surface area contributed by atoms with Crippen LogP contribution < -0.4 is 5.73 Å². The van der Waals surface area contributed by atoms with Gasteiger partial charge in [0.15, 0.2) is 11.8 Å². The Bertz CT molecular complexity index is 1310. The fraction of sp³-hybridized carbons (Fsp3) is 0.200. The Morgan fingerprint density at radius 1 is 0.892 bits per heavy atom. The third kappa shape index (κ3) is 4.42. The Hall–Kier alpha value is -3.90. The molecule has 194 valence electrons. The third-order valence-electron chi connectivity index (χ3n) is 6.02. The van der Waals surface area contributed by atoms with Gasteiger partial charge in [0.25, 0.3) is 5.91 Å². The number of hydrogen-bond acceptors (Lipinski definition) is 5. The molecule has 2 atom stereocenters. The molecule has 0 aliphatic carbocycles. The molecule has 3 aromatic rings. The second kappa shape index (κ2) is 9.20. The Labute approximate surface area is 206 Å². The van der Waals surface area contributed by atoms with Gasteiger partial charge in [0.1, 0.15) is 0 Å². The van der Waals surface area contributed by atoms with Crippen molar-refractivity contribution in [2.24, 2.45) is 5.73 Å². The summed E-state index contributed by atoms with van der Waals surface area (Å²) in [6.07, 6.45) is -12.4. The number of halogens is 6. The van der Waals surface area contributed by atoms with E-state index in [1.807, 2.05) is 0 Å². The highest BCUT2D eigenvalue weighted by Gasteiger charge is 2.63. The standard InChI is InChI=1S/C25H19F6N3O3/c1-33-20(35)23(17-10-6-3-7-11-17,34(22(33)32)37-21(36)25(29,30)31)19-14-16(15-8-4-2-5-9-15)12-13-18(19)24(26,27)28/h2-14,22H,32H2,1H3. The number of carbonyl (C=O) groups is 2. The zero-order valence-electron chi connectivity index (χ0n) is 19.0. The summed E-state index contributed by atoms with van der Waals surface area (Å²) in [5.74, 6) is -3.88. The smallest absolute Gasteiger partial charge is 0.356 e. The van der Waals surface area contributed by atoms with E-state index in [9.17, 15) is 35.9 Å². The first-order valence-electron chi connectivity index (χ1n) is 10.7. The molecule has 0 spiro atoms. The summed E-state index contributed by atoms with van der Waals surface area (Å²) in [6.45, 7) is 0. The average Bonchev–Trinajstić information content (AvgIpc) is 3.05. The average molecular weight is 523 g/mol. The van der Waals surface area contributed by atoms with Crippen molar-refractivity contribution in [3.05, 3.63) is 95.6 Å². The summed E-state index contributed by atoms with van der Waals surface area (Å²) in [5.41, 5.74) is 1.71. The van der Waals surface area contributed by atoms with Gasteiger partial charge in [-0.2, -0.15) is 26.3 Å². The molecule has 0 radical (unpaired) electrons. The summed E-state index contributed by atoms with van der Waals surface area (Å²) < 4.78 is 82.7. The van der Waals surface area contributed by atoms with Crippen LogP contribution in [0.15, 0.2) is 78.9 Å². The van der Waals surface area contributed by atoms with E-state index < -0.39 is 47.2 Å². The third-order valence-corrected chi connectivity index (χ3v) is 6.02. The number of likely N-dealkylation sites (N-methyl/N-ethyl adjacent to an activating group) is 1. The Balaban J connectivity index is 2.10. The molecule has 0 saturated carbocycles. The number of hydrogen-bond donors (Lipinski definition) is 1. The second-order valence-electron chi connectivity index (χ2n) is 8.23. The van der Waals surface area contributed by atoms with Crippen molar-refractivity contribution in [1.82, 2.24) is 9.96 Å². The maximum Gasteiger partial charge on any atom is 0.492 e. The van der Waals surface area contributed by atoms with E-state index >= 15 is 0 Å². The summed E-state index contributed by atoms with van der Waals surface area (Å²) in [4.78, 5) is 31.0. The van der Waals surface area contributed by atoms with Gasteiger partial charge < -0.3 is 9.74 Å². The number of rotatable bonds is 4. The number of nitrogens with two attached hydrogens (primary N) is 1. The molecule has 2 unspecified atom stereocenters. The number of carbonyl (C=O) groups excluding carboxylic acids is 2. The molecular weight excluding hydrogens is 504 g/mol. The summed E-state index contributed by atoms with van der Waals surface area (Å²) in [7, 11) is 1.08. The van der Waals surface area contributed by atoms with E-state index in [0.29, 0.717) is 10.5 Å². The predicted octanol–water partition coefficient (Wildman–Crippen LogP) is 4.65. The van der Waals surface area contributed by atoms with Gasteiger partial charge in [0.05, 0.1) is 5.56 Å². The maximum absolute atomic E-state index is 14.4. The first-order chi connectivity index (χ1) is 17.3. The van der Waals surface area contributed by atoms with Gasteiger partial charge in [-0.3, -0.25) is 10.5 Å². The lowest BCUT2D eigenvalue weighted by molar-refractivity contribution is -0.261. The monoisotopic (exact) mass is 523 g/mol. The zero-order chi connectivity index (χ0) is 27.2. The molecule has 0 bridgehead atoms. The lowest BCUT2D eigenvalue weighted by atomic mass is 9.78. The SMILES string of the molecule is CN1C(=O)C(c2ccccc2)(c2cc(-c3ccccc3)ccc2C(F)(F)F)N(OC(=O)C(F)(F)F)C1N. The summed E-state index contributed by atoms with van der Waals surface area (Å²) in [5, 5.41) is 0.180. The van der Waals surface area contributed by atoms with Gasteiger partial charge in [-0.25, -0.2) is 4.79 Å². The van der Waals surface area contributed by atoms with Gasteiger partial charge in [-0.05, 0) is 28.8 Å². The highest BCUT2D eigenvalue weighted by molar-refractivity contribution is 5.95. The van der Waals surface area contributed by atoms with Crippen LogP contribution in [0, 0.1) is 0 Å². The molecular formula is C25H19F6N3O3. The van der Waals surface area contributed by atoms with E-state index in [2.05, 4.69) is 4.84 Å². The minimum Gasteiger partial charge on any atom is -0.356 e. The molecule has 1 aliphatic heterocycles. The van der Waals surface area contributed by atoms with E-state index in [1.165, 1.54) is 36.4 Å². The Morgan fingerprint density at radius 3 is 2.00 bits per heavy atom. The van der Waals surface area contributed by atoms with Crippen LogP contribution in [0.4, 0.5) is 26.3 Å². The zero-order valence-corrected chi connectivity index (χ0v) is 19.0. The van der Waals surface area contributed by atoms with E-state index in [0.717, 1.165) is 19.2 Å². The van der Waals surface area contributed by atoms with Crippen molar-refractivity contribution in [1.29, 1.82) is 0 Å². The normalized spacial score (nSPS) is 20.8. The molecule has 1 fully saturated rings. The molecule has 1 saturated heterocycles. The molecule has 0 aromatic heterocycles. The summed E-state index contributed by atoms with van der Waals surface area (Å²) >= 11 is 0.